The van der Waals surface area contributed by atoms with Crippen molar-refractivity contribution < 1.29 is 22.0 Å². The summed E-state index contributed by atoms with van der Waals surface area (Å²) in [4.78, 5) is 23.7. The average Bonchev–Trinajstić information content (AvgIpc) is 3.85. The average molecular weight is 715 g/mol. The molecule has 1 unspecified atom stereocenters. The van der Waals surface area contributed by atoms with Gasteiger partial charge in [0, 0.05) is 48.5 Å². The summed E-state index contributed by atoms with van der Waals surface area (Å²) in [5.74, 6) is 1.42. The molecule has 1 amide bonds. The van der Waals surface area contributed by atoms with E-state index in [0.29, 0.717) is 50.6 Å². The van der Waals surface area contributed by atoms with E-state index >= 15 is 0 Å². The smallest absolute Gasteiger partial charge is 0.255 e. The Bertz CT molecular complexity index is 2750. The highest BCUT2D eigenvalue weighted by Gasteiger charge is 2.28. The summed E-state index contributed by atoms with van der Waals surface area (Å²) in [6, 6.07) is 22.6. The molecule has 1 saturated carbocycles. The first-order valence-corrected chi connectivity index (χ1v) is 19.0. The second-order valence-electron chi connectivity index (χ2n) is 13.8. The summed E-state index contributed by atoms with van der Waals surface area (Å²) in [7, 11) is -0.810. The molecule has 10 nitrogen and oxygen atoms in total. The van der Waals surface area contributed by atoms with Gasteiger partial charge in [-0.05, 0) is 85.3 Å². The van der Waals surface area contributed by atoms with Gasteiger partial charge in [-0.15, -0.1) is 0 Å². The normalized spacial score (nSPS) is 16.2. The molecule has 0 spiro atoms. The molecule has 0 saturated heterocycles. The number of hydrogen-bond acceptors (Lipinski definition) is 7. The number of hydrogen-bond donors (Lipinski definition) is 1. The second kappa shape index (κ2) is 12.5. The number of amides is 1. The van der Waals surface area contributed by atoms with Crippen LogP contribution in [-0.2, 0) is 16.4 Å². The highest BCUT2D eigenvalue weighted by Crippen LogP contribution is 2.42. The lowest BCUT2D eigenvalue weighted by molar-refractivity contribution is 0.0964. The maximum Gasteiger partial charge on any atom is 0.255 e. The lowest BCUT2D eigenvalue weighted by Crippen LogP contribution is -2.25. The van der Waals surface area contributed by atoms with Crippen LogP contribution >= 0.6 is 0 Å². The molecule has 4 heterocycles. The number of anilines is 1. The fourth-order valence-corrected chi connectivity index (χ4v) is 8.20. The van der Waals surface area contributed by atoms with E-state index in [1.54, 1.807) is 24.3 Å². The summed E-state index contributed by atoms with van der Waals surface area (Å²) in [5, 5.41) is 13.9. The Morgan fingerprint density at radius 3 is 2.54 bits per heavy atom. The molecule has 1 aliphatic carbocycles. The van der Waals surface area contributed by atoms with Crippen molar-refractivity contribution in [1.82, 2.24) is 19.7 Å². The zero-order valence-electron chi connectivity index (χ0n) is 29.1. The van der Waals surface area contributed by atoms with Crippen molar-refractivity contribution in [2.45, 2.75) is 32.6 Å². The largest absolute Gasteiger partial charge is 0.455 e. The minimum absolute atomic E-state index is 0.217. The van der Waals surface area contributed by atoms with Crippen LogP contribution in [0.4, 0.5) is 10.1 Å². The van der Waals surface area contributed by atoms with Gasteiger partial charge in [0.05, 0.1) is 51.4 Å². The van der Waals surface area contributed by atoms with Crippen molar-refractivity contribution in [1.29, 1.82) is 5.26 Å². The van der Waals surface area contributed by atoms with Crippen LogP contribution < -0.4 is 9.62 Å². The van der Waals surface area contributed by atoms with Gasteiger partial charge in [0.15, 0.2) is 0 Å². The van der Waals surface area contributed by atoms with Gasteiger partial charge in [0.2, 0.25) is 10.0 Å². The summed E-state index contributed by atoms with van der Waals surface area (Å²) in [5.41, 5.74) is 5.60. The number of pyridine rings is 1. The van der Waals surface area contributed by atoms with Gasteiger partial charge >= 0.3 is 0 Å². The third-order valence-corrected chi connectivity index (χ3v) is 11.5. The molecular weight excluding hydrogens is 680 g/mol. The van der Waals surface area contributed by atoms with Crippen LogP contribution in [0.3, 0.4) is 0 Å². The molecule has 12 heteroatoms. The summed E-state index contributed by atoms with van der Waals surface area (Å²) < 4.78 is 49.4. The van der Waals surface area contributed by atoms with E-state index in [4.69, 9.17) is 14.4 Å². The Morgan fingerprint density at radius 1 is 1.06 bits per heavy atom. The van der Waals surface area contributed by atoms with E-state index in [9.17, 15) is 22.9 Å². The van der Waals surface area contributed by atoms with Crippen LogP contribution in [0.15, 0.2) is 77.2 Å². The van der Waals surface area contributed by atoms with E-state index in [1.165, 1.54) is 44.8 Å². The number of carbonyl (C=O) groups is 1. The molecule has 262 valence electrons. The zero-order chi connectivity index (χ0) is 36.5. The Morgan fingerprint density at radius 2 is 1.85 bits per heavy atom. The third-order valence-electron chi connectivity index (χ3n) is 10.3. The Kier molecular flexibility index (Phi) is 7.99. The first kappa shape index (κ1) is 33.3. The molecule has 0 bridgehead atoms. The van der Waals surface area contributed by atoms with Crippen molar-refractivity contribution >= 4 is 60.0 Å². The van der Waals surface area contributed by atoms with Gasteiger partial charge in [-0.3, -0.25) is 13.5 Å². The highest BCUT2D eigenvalue weighted by atomic mass is 32.2. The number of nitrogens with zero attached hydrogens (tertiary/aromatic N) is 5. The van der Waals surface area contributed by atoms with Crippen molar-refractivity contribution in [2.24, 2.45) is 11.8 Å². The van der Waals surface area contributed by atoms with Crippen LogP contribution in [0.5, 0.6) is 0 Å². The summed E-state index contributed by atoms with van der Waals surface area (Å²) in [6.07, 6.45) is 5.36. The van der Waals surface area contributed by atoms with Crippen molar-refractivity contribution in [2.75, 3.05) is 24.7 Å². The van der Waals surface area contributed by atoms with Crippen LogP contribution in [0, 0.1) is 29.0 Å². The van der Waals surface area contributed by atoms with E-state index in [2.05, 4.69) is 22.7 Å². The van der Waals surface area contributed by atoms with Gasteiger partial charge < -0.3 is 9.73 Å². The molecule has 8 rings (SSSR count). The number of aromatic nitrogens is 3. The maximum atomic E-state index is 13.9. The number of benzene rings is 3. The number of halogens is 1. The topological polar surface area (TPSA) is 134 Å². The molecule has 1 fully saturated rings. The predicted octanol–water partition coefficient (Wildman–Crippen LogP) is 7.86. The number of furan rings is 1. The number of rotatable bonds is 7. The van der Waals surface area contributed by atoms with Crippen molar-refractivity contribution in [3.05, 3.63) is 95.6 Å². The SMILES string of the molecule is CNC(=O)c1c(-c2ccc(F)cc2)oc2cc(N(C)S(C)(=O)=O)c(-c3ccc4nc(CC5CC[C@@H](C)C5)n5c6cccc(C#N)c6cc5c4n3)cc12. The first-order valence-electron chi connectivity index (χ1n) is 17.1. The van der Waals surface area contributed by atoms with E-state index in [1.807, 2.05) is 24.3 Å². The van der Waals surface area contributed by atoms with Crippen LogP contribution in [0.1, 0.15) is 47.9 Å². The quantitative estimate of drug-likeness (QED) is 0.178. The molecule has 4 aromatic heterocycles. The first-order chi connectivity index (χ1) is 24.9. The van der Waals surface area contributed by atoms with Gasteiger partial charge in [0.1, 0.15) is 28.5 Å². The lowest BCUT2D eigenvalue weighted by Gasteiger charge is -2.20. The molecule has 52 heavy (non-hydrogen) atoms. The number of sulfonamides is 1. The molecule has 3 aromatic carbocycles. The standard InChI is InChI=1S/C40H35FN6O4S/c1-22-8-9-23(16-22)17-36-44-31-15-14-30(45-38(31)34-19-27-25(21-42)6-5-7-32(27)47(34)36)28-18-29-35(20-33(28)46(3)52(4,49)50)51-39(37(29)40(48)43-2)24-10-12-26(41)13-11-24/h5-7,10-15,18-20,22-23H,8-9,16-17H2,1-4H3,(H,43,48)/t22-,23?/m1/s1. The molecule has 2 atom stereocenters. The zero-order valence-corrected chi connectivity index (χ0v) is 29.9. The molecular formula is C40H35FN6O4S. The van der Waals surface area contributed by atoms with Crippen LogP contribution in [-0.4, -0.2) is 49.0 Å². The fraction of sp³-hybridized carbons (Fsp3) is 0.250. The van der Waals surface area contributed by atoms with Crippen LogP contribution in [0.2, 0.25) is 0 Å². The summed E-state index contributed by atoms with van der Waals surface area (Å²) >= 11 is 0. The van der Waals surface area contributed by atoms with Gasteiger partial charge in [-0.1, -0.05) is 19.4 Å². The molecule has 0 radical (unpaired) electrons. The Hall–Kier alpha value is -5.80. The highest BCUT2D eigenvalue weighted by molar-refractivity contribution is 7.92. The number of nitriles is 1. The molecule has 1 N–H and O–H groups in total. The molecule has 0 aliphatic heterocycles. The van der Waals surface area contributed by atoms with Crippen molar-refractivity contribution in [3.63, 3.8) is 0 Å². The lowest BCUT2D eigenvalue weighted by atomic mass is 10.0. The number of fused-ring (bicyclic) bond motifs is 6. The fourth-order valence-electron chi connectivity index (χ4n) is 7.69. The Labute approximate surface area is 299 Å². The number of carbonyl (C=O) groups excluding carboxylic acids is 1. The predicted molar refractivity (Wildman–Crippen MR) is 200 cm³/mol. The molecule has 7 aromatic rings. The van der Waals surface area contributed by atoms with E-state index in [-0.39, 0.29) is 22.6 Å². The van der Waals surface area contributed by atoms with Gasteiger partial charge in [-0.25, -0.2) is 22.8 Å². The minimum Gasteiger partial charge on any atom is -0.455 e. The monoisotopic (exact) mass is 714 g/mol. The van der Waals surface area contributed by atoms with Gasteiger partial charge in [-0.2, -0.15) is 5.26 Å². The number of nitrogens with one attached hydrogen (secondary N) is 1. The van der Waals surface area contributed by atoms with E-state index in [0.717, 1.165) is 52.1 Å². The second-order valence-corrected chi connectivity index (χ2v) is 15.8. The molecule has 1 aliphatic rings. The third kappa shape index (κ3) is 5.52. The van der Waals surface area contributed by atoms with Crippen LogP contribution in [0.25, 0.3) is 61.0 Å². The Balaban J connectivity index is 1.40. The summed E-state index contributed by atoms with van der Waals surface area (Å²) in [6.45, 7) is 2.29. The minimum atomic E-state index is -3.76. The van der Waals surface area contributed by atoms with E-state index < -0.39 is 21.7 Å². The van der Waals surface area contributed by atoms with Crippen molar-refractivity contribution in [3.8, 4) is 28.7 Å². The maximum absolute atomic E-state index is 13.9. The van der Waals surface area contributed by atoms with Gasteiger partial charge in [0.25, 0.3) is 5.91 Å².